The predicted octanol–water partition coefficient (Wildman–Crippen LogP) is 1.90. The Balaban J connectivity index is 1.49. The van der Waals surface area contributed by atoms with Gasteiger partial charge in [0.25, 0.3) is 5.91 Å². The van der Waals surface area contributed by atoms with Crippen LogP contribution < -0.4 is 5.32 Å². The lowest BCUT2D eigenvalue weighted by molar-refractivity contribution is -0.135. The maximum atomic E-state index is 12.8. The Morgan fingerprint density at radius 3 is 2.73 bits per heavy atom. The van der Waals surface area contributed by atoms with Gasteiger partial charge in [0.1, 0.15) is 6.04 Å². The van der Waals surface area contributed by atoms with Gasteiger partial charge in [0, 0.05) is 24.6 Å². The lowest BCUT2D eigenvalue weighted by Crippen LogP contribution is -2.47. The fourth-order valence-electron chi connectivity index (χ4n) is 3.41. The molecule has 1 saturated heterocycles. The van der Waals surface area contributed by atoms with Crippen LogP contribution >= 0.6 is 0 Å². The number of rotatable bonds is 3. The van der Waals surface area contributed by atoms with Crippen molar-refractivity contribution in [3.63, 3.8) is 0 Å². The van der Waals surface area contributed by atoms with Gasteiger partial charge in [-0.2, -0.15) is 0 Å². The molecule has 1 aliphatic heterocycles. The smallest absolute Gasteiger partial charge is 0.250 e. The van der Waals surface area contributed by atoms with Crippen molar-refractivity contribution < 1.29 is 9.59 Å². The van der Waals surface area contributed by atoms with Crippen LogP contribution in [-0.2, 0) is 16.0 Å². The molecule has 2 amide bonds. The third-order valence-corrected chi connectivity index (χ3v) is 4.78. The van der Waals surface area contributed by atoms with Crippen molar-refractivity contribution in [1.82, 2.24) is 10.2 Å². The van der Waals surface area contributed by atoms with Crippen LogP contribution in [0, 0.1) is 0 Å². The molecular formula is C18H20N2O2. The van der Waals surface area contributed by atoms with Crippen LogP contribution in [0.2, 0.25) is 0 Å². The maximum absolute atomic E-state index is 12.8. The van der Waals surface area contributed by atoms with E-state index < -0.39 is 0 Å². The standard InChI is InChI=1S/C18H20N2O2/c21-17(19-15-7-8-15)16-6-3-9-20(16)18(22)14-10-12-4-1-2-5-13(12)11-14/h1-2,4-5,10,15-16H,3,6-9,11H2,(H,19,21). The van der Waals surface area contributed by atoms with E-state index in [9.17, 15) is 9.59 Å². The van der Waals surface area contributed by atoms with E-state index in [4.69, 9.17) is 0 Å². The van der Waals surface area contributed by atoms with Crippen molar-refractivity contribution in [3.8, 4) is 0 Å². The first-order valence-corrected chi connectivity index (χ1v) is 8.12. The summed E-state index contributed by atoms with van der Waals surface area (Å²) in [5.74, 6) is 0.0640. The number of fused-ring (bicyclic) bond motifs is 1. The van der Waals surface area contributed by atoms with Crippen molar-refractivity contribution in [2.75, 3.05) is 6.54 Å². The van der Waals surface area contributed by atoms with Gasteiger partial charge in [-0.15, -0.1) is 0 Å². The molecule has 1 N–H and O–H groups in total. The van der Waals surface area contributed by atoms with Crippen LogP contribution in [0.4, 0.5) is 0 Å². The van der Waals surface area contributed by atoms with E-state index >= 15 is 0 Å². The second-order valence-electron chi connectivity index (χ2n) is 6.48. The Labute approximate surface area is 130 Å². The Bertz CT molecular complexity index is 661. The van der Waals surface area contributed by atoms with Gasteiger partial charge < -0.3 is 10.2 Å². The normalized spacial score (nSPS) is 23.2. The summed E-state index contributed by atoms with van der Waals surface area (Å²) in [6.45, 7) is 0.690. The zero-order valence-corrected chi connectivity index (χ0v) is 12.5. The first-order valence-electron chi connectivity index (χ1n) is 8.12. The highest BCUT2D eigenvalue weighted by atomic mass is 16.2. The lowest BCUT2D eigenvalue weighted by Gasteiger charge is -2.24. The molecule has 1 unspecified atom stereocenters. The van der Waals surface area contributed by atoms with E-state index in [1.165, 1.54) is 5.56 Å². The molecule has 1 heterocycles. The third-order valence-electron chi connectivity index (χ3n) is 4.78. The van der Waals surface area contributed by atoms with E-state index in [1.807, 2.05) is 24.3 Å². The van der Waals surface area contributed by atoms with E-state index in [-0.39, 0.29) is 17.9 Å². The number of nitrogens with one attached hydrogen (secondary N) is 1. The fraction of sp³-hybridized carbons (Fsp3) is 0.444. The predicted molar refractivity (Wildman–Crippen MR) is 84.0 cm³/mol. The number of amides is 2. The quantitative estimate of drug-likeness (QED) is 0.926. The summed E-state index contributed by atoms with van der Waals surface area (Å²) in [7, 11) is 0. The number of benzene rings is 1. The van der Waals surface area contributed by atoms with Gasteiger partial charge in [-0.3, -0.25) is 9.59 Å². The summed E-state index contributed by atoms with van der Waals surface area (Å²) < 4.78 is 0. The molecular weight excluding hydrogens is 276 g/mol. The highest BCUT2D eigenvalue weighted by Gasteiger charge is 2.37. The minimum Gasteiger partial charge on any atom is -0.352 e. The van der Waals surface area contributed by atoms with E-state index in [0.29, 0.717) is 19.0 Å². The molecule has 3 aliphatic rings. The molecule has 0 radical (unpaired) electrons. The van der Waals surface area contributed by atoms with Crippen LogP contribution in [0.1, 0.15) is 36.8 Å². The van der Waals surface area contributed by atoms with Gasteiger partial charge in [0.05, 0.1) is 0 Å². The van der Waals surface area contributed by atoms with Gasteiger partial charge in [-0.25, -0.2) is 0 Å². The highest BCUT2D eigenvalue weighted by molar-refractivity contribution is 6.02. The average Bonchev–Trinajstić information content (AvgIpc) is 3.07. The van der Waals surface area contributed by atoms with Crippen molar-refractivity contribution in [2.24, 2.45) is 0 Å². The monoisotopic (exact) mass is 296 g/mol. The van der Waals surface area contributed by atoms with Crippen LogP contribution in [-0.4, -0.2) is 35.3 Å². The van der Waals surface area contributed by atoms with Gasteiger partial charge in [-0.1, -0.05) is 24.3 Å². The summed E-state index contributed by atoms with van der Waals surface area (Å²) in [6.07, 6.45) is 6.51. The zero-order chi connectivity index (χ0) is 15.1. The summed E-state index contributed by atoms with van der Waals surface area (Å²) in [6, 6.07) is 8.16. The molecule has 0 aromatic heterocycles. The number of hydrogen-bond acceptors (Lipinski definition) is 2. The largest absolute Gasteiger partial charge is 0.352 e. The lowest BCUT2D eigenvalue weighted by atomic mass is 10.1. The van der Waals surface area contributed by atoms with E-state index in [2.05, 4.69) is 11.4 Å². The number of nitrogens with zero attached hydrogens (tertiary/aromatic N) is 1. The molecule has 2 fully saturated rings. The molecule has 1 aromatic carbocycles. The van der Waals surface area contributed by atoms with E-state index in [1.54, 1.807) is 4.90 Å². The maximum Gasteiger partial charge on any atom is 0.250 e. The minimum atomic E-state index is -0.280. The Kier molecular flexibility index (Phi) is 3.25. The highest BCUT2D eigenvalue weighted by Crippen LogP contribution is 2.29. The second kappa shape index (κ2) is 5.27. The van der Waals surface area contributed by atoms with Crippen molar-refractivity contribution in [3.05, 3.63) is 41.0 Å². The fourth-order valence-corrected chi connectivity index (χ4v) is 3.41. The Morgan fingerprint density at radius 1 is 1.14 bits per heavy atom. The van der Waals surface area contributed by atoms with Gasteiger partial charge in [-0.05, 0) is 42.9 Å². The van der Waals surface area contributed by atoms with E-state index in [0.717, 1.165) is 36.8 Å². The molecule has 1 atom stereocenters. The molecule has 4 rings (SSSR count). The molecule has 2 aliphatic carbocycles. The zero-order valence-electron chi connectivity index (χ0n) is 12.5. The SMILES string of the molecule is O=C(NC1CC1)C1CCCN1C(=O)C1=Cc2ccccc2C1. The molecule has 1 aromatic rings. The Morgan fingerprint density at radius 2 is 1.95 bits per heavy atom. The second-order valence-corrected chi connectivity index (χ2v) is 6.48. The summed E-state index contributed by atoms with van der Waals surface area (Å²) in [5, 5.41) is 3.04. The molecule has 4 heteroatoms. The number of carbonyl (C=O) groups is 2. The van der Waals surface area contributed by atoms with Crippen molar-refractivity contribution >= 4 is 17.9 Å². The van der Waals surface area contributed by atoms with Gasteiger partial charge in [0.15, 0.2) is 0 Å². The third kappa shape index (κ3) is 2.43. The van der Waals surface area contributed by atoms with Gasteiger partial charge in [0.2, 0.25) is 5.91 Å². The first kappa shape index (κ1) is 13.6. The number of likely N-dealkylation sites (tertiary alicyclic amines) is 1. The van der Waals surface area contributed by atoms with Crippen molar-refractivity contribution in [2.45, 2.75) is 44.2 Å². The molecule has 1 saturated carbocycles. The topological polar surface area (TPSA) is 49.4 Å². The molecule has 22 heavy (non-hydrogen) atoms. The van der Waals surface area contributed by atoms with Crippen LogP contribution in [0.25, 0.3) is 6.08 Å². The van der Waals surface area contributed by atoms with Gasteiger partial charge >= 0.3 is 0 Å². The number of hydrogen-bond donors (Lipinski definition) is 1. The molecule has 4 nitrogen and oxygen atoms in total. The molecule has 0 bridgehead atoms. The Hall–Kier alpha value is -2.10. The molecule has 114 valence electrons. The van der Waals surface area contributed by atoms with Crippen LogP contribution in [0.5, 0.6) is 0 Å². The number of carbonyl (C=O) groups excluding carboxylic acids is 2. The molecule has 0 spiro atoms. The first-order chi connectivity index (χ1) is 10.7. The summed E-state index contributed by atoms with van der Waals surface area (Å²) in [5.41, 5.74) is 3.14. The van der Waals surface area contributed by atoms with Crippen molar-refractivity contribution in [1.29, 1.82) is 0 Å². The summed E-state index contributed by atoms with van der Waals surface area (Å²) >= 11 is 0. The minimum absolute atomic E-state index is 0.0319. The van der Waals surface area contributed by atoms with Crippen LogP contribution in [0.15, 0.2) is 29.8 Å². The summed E-state index contributed by atoms with van der Waals surface area (Å²) in [4.78, 5) is 26.9. The average molecular weight is 296 g/mol. The van der Waals surface area contributed by atoms with Crippen LogP contribution in [0.3, 0.4) is 0 Å².